The van der Waals surface area contributed by atoms with Gasteiger partial charge in [0.25, 0.3) is 11.8 Å². The minimum Gasteiger partial charge on any atom is -0.352 e. The van der Waals surface area contributed by atoms with E-state index in [9.17, 15) is 19.2 Å². The quantitative estimate of drug-likeness (QED) is 0.685. The van der Waals surface area contributed by atoms with E-state index in [0.717, 1.165) is 24.3 Å². The zero-order valence-electron chi connectivity index (χ0n) is 14.4. The number of imide groups is 1. The Labute approximate surface area is 151 Å². The second-order valence-electron chi connectivity index (χ2n) is 6.62. The number of nitrogens with one attached hydrogen (secondary N) is 3. The zero-order valence-corrected chi connectivity index (χ0v) is 14.4. The minimum absolute atomic E-state index is 0.0391. The molecule has 1 heterocycles. The molecule has 3 rings (SSSR count). The Morgan fingerprint density at radius 1 is 1.08 bits per heavy atom. The van der Waals surface area contributed by atoms with Crippen molar-refractivity contribution in [2.45, 2.75) is 44.1 Å². The highest BCUT2D eigenvalue weighted by Gasteiger charge is 2.52. The lowest BCUT2D eigenvalue weighted by atomic mass is 9.82. The largest absolute Gasteiger partial charge is 0.352 e. The first-order chi connectivity index (χ1) is 12.5. The molecular weight excluding hydrogens is 336 g/mol. The lowest BCUT2D eigenvalue weighted by molar-refractivity contribution is -0.139. The molecule has 8 nitrogen and oxygen atoms in total. The topological polar surface area (TPSA) is 108 Å². The van der Waals surface area contributed by atoms with Crippen LogP contribution in [0.15, 0.2) is 30.3 Å². The van der Waals surface area contributed by atoms with Crippen molar-refractivity contribution in [3.63, 3.8) is 0 Å². The molecule has 0 radical (unpaired) electrons. The molecule has 0 aromatic heterocycles. The number of carbonyl (C=O) groups is 4. The first-order valence-electron chi connectivity index (χ1n) is 8.81. The second kappa shape index (κ2) is 7.55. The molecule has 3 N–H and O–H groups in total. The summed E-state index contributed by atoms with van der Waals surface area (Å²) >= 11 is 0. The Morgan fingerprint density at radius 2 is 1.77 bits per heavy atom. The molecule has 1 aliphatic carbocycles. The fourth-order valence-corrected chi connectivity index (χ4v) is 3.38. The van der Waals surface area contributed by atoms with Crippen molar-refractivity contribution < 1.29 is 19.2 Å². The molecule has 138 valence electrons. The summed E-state index contributed by atoms with van der Waals surface area (Å²) in [7, 11) is 0. The molecule has 0 unspecified atom stereocenters. The van der Waals surface area contributed by atoms with Gasteiger partial charge in [-0.2, -0.15) is 5.01 Å². The van der Waals surface area contributed by atoms with Crippen LogP contribution in [0.5, 0.6) is 0 Å². The molecule has 1 aromatic carbocycles. The van der Waals surface area contributed by atoms with E-state index in [1.807, 2.05) is 0 Å². The first-order valence-corrected chi connectivity index (χ1v) is 8.81. The van der Waals surface area contributed by atoms with Crippen molar-refractivity contribution >= 4 is 23.8 Å². The number of hydrogen-bond donors (Lipinski definition) is 3. The summed E-state index contributed by atoms with van der Waals surface area (Å²) in [5, 5.41) is 6.12. The normalized spacial score (nSPS) is 18.5. The van der Waals surface area contributed by atoms with Crippen molar-refractivity contribution in [3.8, 4) is 0 Å². The number of carbonyl (C=O) groups excluding carboxylic acids is 4. The fraction of sp³-hybridized carbons (Fsp3) is 0.444. The van der Waals surface area contributed by atoms with Crippen LogP contribution in [-0.2, 0) is 9.59 Å². The van der Waals surface area contributed by atoms with E-state index < -0.39 is 23.4 Å². The van der Waals surface area contributed by atoms with Crippen LogP contribution in [0.2, 0.25) is 0 Å². The molecule has 2 aliphatic rings. The molecule has 26 heavy (non-hydrogen) atoms. The van der Waals surface area contributed by atoms with Gasteiger partial charge in [-0.05, 0) is 25.0 Å². The van der Waals surface area contributed by atoms with Gasteiger partial charge >= 0.3 is 6.03 Å². The van der Waals surface area contributed by atoms with Gasteiger partial charge in [-0.1, -0.05) is 37.5 Å². The van der Waals surface area contributed by atoms with Gasteiger partial charge in [-0.25, -0.2) is 4.79 Å². The van der Waals surface area contributed by atoms with E-state index in [-0.39, 0.29) is 18.9 Å². The predicted molar refractivity (Wildman–Crippen MR) is 92.7 cm³/mol. The number of hydrazine groups is 1. The molecule has 1 saturated carbocycles. The van der Waals surface area contributed by atoms with Gasteiger partial charge in [0.05, 0.1) is 0 Å². The number of rotatable bonds is 5. The van der Waals surface area contributed by atoms with E-state index in [2.05, 4.69) is 16.1 Å². The van der Waals surface area contributed by atoms with E-state index >= 15 is 0 Å². The standard InChI is InChI=1S/C18H22N4O4/c23-14(9-12-19-15(24)13-7-3-1-4-8-13)21-22-16(25)18(20-17(22)26)10-5-2-6-11-18/h1,3-4,7-8H,2,5-6,9-12H2,(H,19,24)(H,20,26)(H,21,23). The summed E-state index contributed by atoms with van der Waals surface area (Å²) in [4.78, 5) is 48.6. The highest BCUT2D eigenvalue weighted by Crippen LogP contribution is 2.32. The van der Waals surface area contributed by atoms with E-state index in [4.69, 9.17) is 0 Å². The SMILES string of the molecule is O=C(CCNC(=O)c1ccccc1)NN1C(=O)NC2(CCCCC2)C1=O. The Hall–Kier alpha value is -2.90. The van der Waals surface area contributed by atoms with Crippen molar-refractivity contribution in [3.05, 3.63) is 35.9 Å². The molecule has 0 atom stereocenters. The molecule has 2 fully saturated rings. The molecule has 8 heteroatoms. The summed E-state index contributed by atoms with van der Waals surface area (Å²) in [6.07, 6.45) is 3.94. The fourth-order valence-electron chi connectivity index (χ4n) is 3.38. The van der Waals surface area contributed by atoms with Gasteiger partial charge < -0.3 is 10.6 Å². The Bertz CT molecular complexity index is 713. The molecular formula is C18H22N4O4. The smallest absolute Gasteiger partial charge is 0.344 e. The maximum absolute atomic E-state index is 12.6. The van der Waals surface area contributed by atoms with Gasteiger partial charge in [-0.15, -0.1) is 0 Å². The first kappa shape index (κ1) is 17.9. The van der Waals surface area contributed by atoms with Crippen molar-refractivity contribution in [2.75, 3.05) is 6.54 Å². The highest BCUT2D eigenvalue weighted by atomic mass is 16.2. The second-order valence-corrected chi connectivity index (χ2v) is 6.62. The van der Waals surface area contributed by atoms with E-state index in [1.165, 1.54) is 0 Å². The van der Waals surface area contributed by atoms with Crippen molar-refractivity contribution in [1.82, 2.24) is 21.1 Å². The van der Waals surface area contributed by atoms with Crippen LogP contribution in [0.1, 0.15) is 48.9 Å². The minimum atomic E-state index is -0.871. The van der Waals surface area contributed by atoms with Gasteiger partial charge in [0.15, 0.2) is 0 Å². The van der Waals surface area contributed by atoms with Crippen LogP contribution < -0.4 is 16.1 Å². The monoisotopic (exact) mass is 358 g/mol. The number of amides is 5. The lowest BCUT2D eigenvalue weighted by Crippen LogP contribution is -2.51. The van der Waals surface area contributed by atoms with Crippen LogP contribution in [0, 0.1) is 0 Å². The van der Waals surface area contributed by atoms with Crippen LogP contribution in [-0.4, -0.2) is 40.8 Å². The third-order valence-electron chi connectivity index (χ3n) is 4.78. The zero-order chi connectivity index (χ0) is 18.6. The third kappa shape index (κ3) is 3.68. The van der Waals surface area contributed by atoms with E-state index in [1.54, 1.807) is 30.3 Å². The Balaban J connectivity index is 1.48. The molecule has 1 spiro atoms. The average molecular weight is 358 g/mol. The maximum atomic E-state index is 12.6. The number of nitrogens with zero attached hydrogens (tertiary/aromatic N) is 1. The summed E-state index contributed by atoms with van der Waals surface area (Å²) in [6.45, 7) is 0.106. The third-order valence-corrected chi connectivity index (χ3v) is 4.78. The van der Waals surface area contributed by atoms with Gasteiger partial charge in [0, 0.05) is 18.5 Å². The summed E-state index contributed by atoms with van der Waals surface area (Å²) in [5.41, 5.74) is 1.98. The van der Waals surface area contributed by atoms with Gasteiger partial charge in [-0.3, -0.25) is 19.8 Å². The average Bonchev–Trinajstić information content (AvgIpc) is 2.87. The summed E-state index contributed by atoms with van der Waals surface area (Å²) in [5.74, 6) is -1.19. The van der Waals surface area contributed by atoms with E-state index in [0.29, 0.717) is 18.4 Å². The van der Waals surface area contributed by atoms with Crippen molar-refractivity contribution in [1.29, 1.82) is 0 Å². The number of urea groups is 1. The number of hydrogen-bond acceptors (Lipinski definition) is 4. The lowest BCUT2D eigenvalue weighted by Gasteiger charge is -2.30. The molecule has 1 aromatic rings. The Morgan fingerprint density at radius 3 is 2.46 bits per heavy atom. The molecule has 0 bridgehead atoms. The highest BCUT2D eigenvalue weighted by molar-refractivity contribution is 6.08. The van der Waals surface area contributed by atoms with Crippen LogP contribution in [0.3, 0.4) is 0 Å². The number of benzene rings is 1. The van der Waals surface area contributed by atoms with Crippen LogP contribution in [0.25, 0.3) is 0 Å². The summed E-state index contributed by atoms with van der Waals surface area (Å²) in [6, 6.07) is 8.05. The van der Waals surface area contributed by atoms with Gasteiger partial charge in [0.2, 0.25) is 5.91 Å². The molecule has 1 saturated heterocycles. The van der Waals surface area contributed by atoms with Crippen molar-refractivity contribution in [2.24, 2.45) is 0 Å². The van der Waals surface area contributed by atoms with Crippen LogP contribution >= 0.6 is 0 Å². The molecule has 1 aliphatic heterocycles. The van der Waals surface area contributed by atoms with Gasteiger partial charge in [0.1, 0.15) is 5.54 Å². The van der Waals surface area contributed by atoms with Crippen LogP contribution in [0.4, 0.5) is 4.79 Å². The summed E-state index contributed by atoms with van der Waals surface area (Å²) < 4.78 is 0. The molecule has 5 amide bonds. The predicted octanol–water partition coefficient (Wildman–Crippen LogP) is 1.09. The maximum Gasteiger partial charge on any atom is 0.344 e. The Kier molecular flexibility index (Phi) is 5.20.